The van der Waals surface area contributed by atoms with Gasteiger partial charge in [0.15, 0.2) is 0 Å². The van der Waals surface area contributed by atoms with E-state index in [0.29, 0.717) is 12.3 Å². The summed E-state index contributed by atoms with van der Waals surface area (Å²) < 4.78 is 13.2. The minimum Gasteiger partial charge on any atom is -0.325 e. The first kappa shape index (κ1) is 13.4. The molecule has 0 saturated heterocycles. The van der Waals surface area contributed by atoms with Gasteiger partial charge in [0.05, 0.1) is 22.2 Å². The first-order chi connectivity index (χ1) is 8.70. The molecule has 2 rings (SSSR count). The highest BCUT2D eigenvalue weighted by molar-refractivity contribution is 9.10. The summed E-state index contributed by atoms with van der Waals surface area (Å²) in [7, 11) is -1.07. The molecule has 5 heteroatoms. The van der Waals surface area contributed by atoms with Crippen LogP contribution in [0.5, 0.6) is 0 Å². The lowest BCUT2D eigenvalue weighted by Crippen LogP contribution is -2.06. The number of nitrogens with zero attached hydrogens (tertiary/aromatic N) is 1. The van der Waals surface area contributed by atoms with Gasteiger partial charge in [-0.15, -0.1) is 0 Å². The average Bonchev–Trinajstić information content (AvgIpc) is 2.40. The Morgan fingerprint density at radius 1 is 1.22 bits per heavy atom. The maximum absolute atomic E-state index is 12.2. The van der Waals surface area contributed by atoms with Crippen molar-refractivity contribution in [3.63, 3.8) is 0 Å². The van der Waals surface area contributed by atoms with Crippen molar-refractivity contribution in [2.75, 3.05) is 0 Å². The molecule has 94 valence electrons. The number of rotatable bonds is 4. The van der Waals surface area contributed by atoms with Crippen LogP contribution in [0.4, 0.5) is 0 Å². The van der Waals surface area contributed by atoms with Crippen molar-refractivity contribution in [1.82, 2.24) is 4.98 Å². The summed E-state index contributed by atoms with van der Waals surface area (Å²) in [4.78, 5) is 5.00. The van der Waals surface area contributed by atoms with Crippen molar-refractivity contribution >= 4 is 26.7 Å². The first-order valence-electron chi connectivity index (χ1n) is 5.47. The highest BCUT2D eigenvalue weighted by atomic mass is 79.9. The van der Waals surface area contributed by atoms with E-state index in [1.807, 2.05) is 36.4 Å². The molecular weight excluding hydrogens is 312 g/mol. The number of aromatic nitrogens is 1. The monoisotopic (exact) mass is 324 g/mol. The van der Waals surface area contributed by atoms with Crippen LogP contribution in [-0.2, 0) is 23.1 Å². The fourth-order valence-electron chi connectivity index (χ4n) is 1.60. The van der Waals surface area contributed by atoms with Gasteiger partial charge < -0.3 is 5.73 Å². The lowest BCUT2D eigenvalue weighted by Gasteiger charge is -2.06. The van der Waals surface area contributed by atoms with E-state index in [1.165, 1.54) is 0 Å². The SMILES string of the molecule is NCc1ncccc1CS(=O)c1ccc(Br)cc1. The normalized spacial score (nSPS) is 12.3. The molecule has 0 amide bonds. The van der Waals surface area contributed by atoms with Gasteiger partial charge in [0, 0.05) is 22.1 Å². The molecule has 0 fully saturated rings. The van der Waals surface area contributed by atoms with E-state index in [1.54, 1.807) is 6.20 Å². The summed E-state index contributed by atoms with van der Waals surface area (Å²) in [5.41, 5.74) is 7.37. The summed E-state index contributed by atoms with van der Waals surface area (Å²) in [6, 6.07) is 11.3. The Hall–Kier alpha value is -1.04. The van der Waals surface area contributed by atoms with E-state index in [2.05, 4.69) is 20.9 Å². The third-order valence-electron chi connectivity index (χ3n) is 2.54. The van der Waals surface area contributed by atoms with Crippen LogP contribution >= 0.6 is 15.9 Å². The van der Waals surface area contributed by atoms with Crippen molar-refractivity contribution in [2.45, 2.75) is 17.2 Å². The highest BCUT2D eigenvalue weighted by Gasteiger charge is 2.08. The Balaban J connectivity index is 2.18. The maximum atomic E-state index is 12.2. The molecule has 3 nitrogen and oxygen atoms in total. The van der Waals surface area contributed by atoms with Gasteiger partial charge in [-0.05, 0) is 35.9 Å². The predicted octanol–water partition coefficient (Wildman–Crippen LogP) is 2.61. The molecule has 0 saturated carbocycles. The highest BCUT2D eigenvalue weighted by Crippen LogP contribution is 2.17. The zero-order valence-corrected chi connectivity index (χ0v) is 12.1. The molecule has 18 heavy (non-hydrogen) atoms. The van der Waals surface area contributed by atoms with E-state index in [4.69, 9.17) is 5.73 Å². The average molecular weight is 325 g/mol. The number of nitrogens with two attached hydrogens (primary N) is 1. The number of halogens is 1. The maximum Gasteiger partial charge on any atom is 0.0580 e. The van der Waals surface area contributed by atoms with E-state index in [-0.39, 0.29) is 0 Å². The van der Waals surface area contributed by atoms with E-state index < -0.39 is 10.8 Å². The molecule has 1 unspecified atom stereocenters. The third-order valence-corrected chi connectivity index (χ3v) is 4.44. The smallest absolute Gasteiger partial charge is 0.0580 e. The van der Waals surface area contributed by atoms with E-state index in [0.717, 1.165) is 20.6 Å². The van der Waals surface area contributed by atoms with Gasteiger partial charge in [0.25, 0.3) is 0 Å². The minimum absolute atomic E-state index is 0.369. The fourth-order valence-corrected chi connectivity index (χ4v) is 3.01. The van der Waals surface area contributed by atoms with Crippen LogP contribution < -0.4 is 5.73 Å². The van der Waals surface area contributed by atoms with Crippen molar-refractivity contribution in [3.05, 3.63) is 58.3 Å². The molecule has 1 aromatic heterocycles. The van der Waals surface area contributed by atoms with Crippen LogP contribution in [0.2, 0.25) is 0 Å². The third kappa shape index (κ3) is 3.25. The Kier molecular flexibility index (Phi) is 4.63. The van der Waals surface area contributed by atoms with Gasteiger partial charge >= 0.3 is 0 Å². The summed E-state index contributed by atoms with van der Waals surface area (Å²) in [6.45, 7) is 0.369. The molecule has 1 aromatic carbocycles. The zero-order valence-electron chi connectivity index (χ0n) is 9.67. The van der Waals surface area contributed by atoms with Crippen LogP contribution in [-0.4, -0.2) is 9.19 Å². The topological polar surface area (TPSA) is 56.0 Å². The Bertz CT molecular complexity index is 557. The number of pyridine rings is 1. The second-order valence-corrected chi connectivity index (χ2v) is 6.12. The van der Waals surface area contributed by atoms with Gasteiger partial charge in [-0.25, -0.2) is 0 Å². The fraction of sp³-hybridized carbons (Fsp3) is 0.154. The van der Waals surface area contributed by atoms with Crippen molar-refractivity contribution in [3.8, 4) is 0 Å². The van der Waals surface area contributed by atoms with Crippen molar-refractivity contribution in [2.24, 2.45) is 5.73 Å². The lowest BCUT2D eigenvalue weighted by molar-refractivity contribution is 0.682. The molecule has 0 spiro atoms. The van der Waals surface area contributed by atoms with Gasteiger partial charge in [-0.3, -0.25) is 9.19 Å². The second-order valence-electron chi connectivity index (χ2n) is 3.76. The number of hydrogen-bond acceptors (Lipinski definition) is 3. The summed E-state index contributed by atoms with van der Waals surface area (Å²) in [6.07, 6.45) is 1.70. The quantitative estimate of drug-likeness (QED) is 0.940. The molecule has 2 aromatic rings. The van der Waals surface area contributed by atoms with Crippen molar-refractivity contribution in [1.29, 1.82) is 0 Å². The molecule has 2 N–H and O–H groups in total. The molecule has 0 bridgehead atoms. The van der Waals surface area contributed by atoms with Gasteiger partial charge in [-0.1, -0.05) is 22.0 Å². The van der Waals surface area contributed by atoms with Crippen LogP contribution in [0.1, 0.15) is 11.3 Å². The molecule has 0 radical (unpaired) electrons. The molecular formula is C13H13BrN2OS. The summed E-state index contributed by atoms with van der Waals surface area (Å²) >= 11 is 3.36. The standard InChI is InChI=1S/C13H13BrN2OS/c14-11-3-5-12(6-4-11)18(17)9-10-2-1-7-16-13(10)8-15/h1-7H,8-9,15H2. The Labute approximate surface area is 117 Å². The van der Waals surface area contributed by atoms with Gasteiger partial charge in [-0.2, -0.15) is 0 Å². The first-order valence-corrected chi connectivity index (χ1v) is 7.58. The van der Waals surface area contributed by atoms with Crippen LogP contribution in [0.15, 0.2) is 52.0 Å². The number of benzene rings is 1. The largest absolute Gasteiger partial charge is 0.325 e. The molecule has 0 aliphatic heterocycles. The van der Waals surface area contributed by atoms with Gasteiger partial charge in [0.2, 0.25) is 0 Å². The Morgan fingerprint density at radius 2 is 1.94 bits per heavy atom. The zero-order chi connectivity index (χ0) is 13.0. The Morgan fingerprint density at radius 3 is 2.61 bits per heavy atom. The minimum atomic E-state index is -1.07. The predicted molar refractivity (Wildman–Crippen MR) is 76.4 cm³/mol. The number of hydrogen-bond donors (Lipinski definition) is 1. The summed E-state index contributed by atoms with van der Waals surface area (Å²) in [5.74, 6) is 0.446. The van der Waals surface area contributed by atoms with Crippen molar-refractivity contribution < 1.29 is 4.21 Å². The molecule has 1 atom stereocenters. The molecule has 0 aliphatic carbocycles. The van der Waals surface area contributed by atoms with Crippen LogP contribution in [0.3, 0.4) is 0 Å². The van der Waals surface area contributed by atoms with E-state index in [9.17, 15) is 4.21 Å². The van der Waals surface area contributed by atoms with Crippen LogP contribution in [0.25, 0.3) is 0 Å². The lowest BCUT2D eigenvalue weighted by atomic mass is 10.2. The van der Waals surface area contributed by atoms with Gasteiger partial charge in [0.1, 0.15) is 0 Å². The van der Waals surface area contributed by atoms with E-state index >= 15 is 0 Å². The van der Waals surface area contributed by atoms with Crippen LogP contribution in [0, 0.1) is 0 Å². The summed E-state index contributed by atoms with van der Waals surface area (Å²) in [5, 5.41) is 0. The molecule has 1 heterocycles. The molecule has 0 aliphatic rings. The second kappa shape index (κ2) is 6.22.